The Hall–Kier alpha value is -3.86. The fraction of sp³-hybridized carbons (Fsp3) is 0.120. The van der Waals surface area contributed by atoms with Crippen LogP contribution in [0, 0.1) is 0 Å². The molecule has 5 heteroatoms. The molecule has 0 aliphatic carbocycles. The number of likely N-dealkylation sites (tertiary alicyclic amines) is 1. The normalized spacial score (nSPS) is 17.0. The van der Waals surface area contributed by atoms with Crippen LogP contribution in [0.25, 0.3) is 17.0 Å². The minimum atomic E-state index is -0.0333. The van der Waals surface area contributed by atoms with E-state index >= 15 is 0 Å². The number of hydrogen-bond donors (Lipinski definition) is 0. The van der Waals surface area contributed by atoms with E-state index in [0.717, 1.165) is 39.3 Å². The van der Waals surface area contributed by atoms with Gasteiger partial charge in [-0.3, -0.25) is 9.69 Å². The van der Waals surface area contributed by atoms with Crippen LogP contribution in [0.5, 0.6) is 0 Å². The van der Waals surface area contributed by atoms with Crippen LogP contribution in [0.2, 0.25) is 0 Å². The van der Waals surface area contributed by atoms with Gasteiger partial charge in [-0.05, 0) is 36.4 Å². The van der Waals surface area contributed by atoms with Gasteiger partial charge < -0.3 is 8.98 Å². The zero-order valence-electron chi connectivity index (χ0n) is 16.7. The van der Waals surface area contributed by atoms with Gasteiger partial charge in [-0.15, -0.1) is 0 Å². The van der Waals surface area contributed by atoms with Gasteiger partial charge in [-0.2, -0.15) is 0 Å². The van der Waals surface area contributed by atoms with E-state index < -0.39 is 0 Å². The molecule has 1 aliphatic heterocycles. The maximum absolute atomic E-state index is 13.3. The number of carbonyl (C=O) groups excluding carboxylic acids is 1. The van der Waals surface area contributed by atoms with Crippen LogP contribution in [0.1, 0.15) is 17.7 Å². The minimum absolute atomic E-state index is 0.0333. The molecule has 148 valence electrons. The predicted octanol–water partition coefficient (Wildman–Crippen LogP) is 5.32. The molecular formula is C25H21N3O2. The number of hydrogen-bond acceptors (Lipinski definition) is 3. The number of fused-ring (bicyclic) bond motifs is 1. The molecule has 0 unspecified atom stereocenters. The third-order valence-corrected chi connectivity index (χ3v) is 5.35. The molecule has 0 radical (unpaired) electrons. The van der Waals surface area contributed by atoms with Crippen LogP contribution >= 0.6 is 0 Å². The lowest BCUT2D eigenvalue weighted by atomic mass is 10.1. The quantitative estimate of drug-likeness (QED) is 0.439. The van der Waals surface area contributed by atoms with E-state index in [1.807, 2.05) is 67.7 Å². The third kappa shape index (κ3) is 3.35. The highest BCUT2D eigenvalue weighted by Gasteiger charge is 2.33. The van der Waals surface area contributed by atoms with Crippen molar-refractivity contribution < 1.29 is 9.21 Å². The second kappa shape index (κ2) is 7.52. The van der Waals surface area contributed by atoms with Crippen molar-refractivity contribution in [1.82, 2.24) is 9.47 Å². The Balaban J connectivity index is 1.55. The molecule has 1 aliphatic rings. The zero-order chi connectivity index (χ0) is 20.5. The molecule has 1 saturated heterocycles. The average molecular weight is 395 g/mol. The lowest BCUT2D eigenvalue weighted by molar-refractivity contribution is -0.122. The van der Waals surface area contributed by atoms with Crippen molar-refractivity contribution in [2.75, 3.05) is 0 Å². The maximum Gasteiger partial charge on any atom is 0.256 e. The second-order valence-corrected chi connectivity index (χ2v) is 7.39. The molecule has 5 nitrogen and oxygen atoms in total. The maximum atomic E-state index is 13.3. The summed E-state index contributed by atoms with van der Waals surface area (Å²) >= 11 is 0. The van der Waals surface area contributed by atoms with Crippen molar-refractivity contribution in [2.45, 2.75) is 13.0 Å². The predicted molar refractivity (Wildman–Crippen MR) is 118 cm³/mol. The molecule has 4 aromatic rings. The fourth-order valence-corrected chi connectivity index (χ4v) is 3.89. The number of benzene rings is 2. The van der Waals surface area contributed by atoms with Crippen LogP contribution in [0.3, 0.4) is 0 Å². The standard InChI is InChI=1S/C25H21N3O2/c1-27-16-19(22-11-5-6-12-23(22)27)14-18-15-24(26-20-8-3-2-4-9-20)28(25(18)29)17-21-10-7-13-30-21/h2-14,16H,15,17H2,1H3/b18-14+,26-24?. The van der Waals surface area contributed by atoms with Crippen LogP contribution in [-0.4, -0.2) is 21.2 Å². The summed E-state index contributed by atoms with van der Waals surface area (Å²) in [7, 11) is 2.02. The number of amides is 1. The number of amidine groups is 1. The third-order valence-electron chi connectivity index (χ3n) is 5.35. The average Bonchev–Trinajstić information content (AvgIpc) is 3.46. The minimum Gasteiger partial charge on any atom is -0.467 e. The number of nitrogens with zero attached hydrogens (tertiary/aromatic N) is 3. The van der Waals surface area contributed by atoms with Crippen molar-refractivity contribution in [3.05, 3.63) is 96.1 Å². The molecule has 1 amide bonds. The summed E-state index contributed by atoms with van der Waals surface area (Å²) in [5.41, 5.74) is 3.74. The number of para-hydroxylation sites is 2. The van der Waals surface area contributed by atoms with Crippen molar-refractivity contribution in [2.24, 2.45) is 12.0 Å². The number of furan rings is 1. The van der Waals surface area contributed by atoms with Gasteiger partial charge in [0.05, 0.1) is 18.5 Å². The van der Waals surface area contributed by atoms with Gasteiger partial charge in [0.25, 0.3) is 5.91 Å². The number of aromatic nitrogens is 1. The van der Waals surface area contributed by atoms with Gasteiger partial charge in [0.15, 0.2) is 0 Å². The fourth-order valence-electron chi connectivity index (χ4n) is 3.89. The Morgan fingerprint density at radius 3 is 2.63 bits per heavy atom. The monoisotopic (exact) mass is 395 g/mol. The highest BCUT2D eigenvalue weighted by atomic mass is 16.3. The summed E-state index contributed by atoms with van der Waals surface area (Å²) in [6.45, 7) is 0.365. The van der Waals surface area contributed by atoms with Crippen molar-refractivity contribution in [3.8, 4) is 0 Å². The molecule has 5 rings (SSSR count). The largest absolute Gasteiger partial charge is 0.467 e. The lowest BCUT2D eigenvalue weighted by Crippen LogP contribution is -2.28. The van der Waals surface area contributed by atoms with E-state index in [1.54, 1.807) is 11.2 Å². The Labute approximate surface area is 174 Å². The Morgan fingerprint density at radius 1 is 1.03 bits per heavy atom. The molecule has 30 heavy (non-hydrogen) atoms. The molecular weight excluding hydrogens is 374 g/mol. The van der Waals surface area contributed by atoms with Gasteiger partial charge in [-0.25, -0.2) is 4.99 Å². The molecule has 0 saturated carbocycles. The summed E-state index contributed by atoms with van der Waals surface area (Å²) in [5, 5.41) is 1.13. The first kappa shape index (κ1) is 18.2. The van der Waals surface area contributed by atoms with Crippen LogP contribution in [-0.2, 0) is 18.4 Å². The molecule has 0 bridgehead atoms. The van der Waals surface area contributed by atoms with Gasteiger partial charge in [0, 0.05) is 41.7 Å². The van der Waals surface area contributed by atoms with Crippen molar-refractivity contribution >= 4 is 34.4 Å². The van der Waals surface area contributed by atoms with Crippen LogP contribution in [0.4, 0.5) is 5.69 Å². The first-order chi connectivity index (χ1) is 14.7. The van der Waals surface area contributed by atoms with E-state index in [1.165, 1.54) is 0 Å². The molecule has 1 fully saturated rings. The molecule has 0 N–H and O–H groups in total. The number of aryl methyl sites for hydroxylation is 1. The van der Waals surface area contributed by atoms with Gasteiger partial charge in [0.2, 0.25) is 0 Å². The van der Waals surface area contributed by atoms with Gasteiger partial charge in [0.1, 0.15) is 11.6 Å². The summed E-state index contributed by atoms with van der Waals surface area (Å²) in [5.74, 6) is 1.43. The van der Waals surface area contributed by atoms with Crippen LogP contribution in [0.15, 0.2) is 94.2 Å². The van der Waals surface area contributed by atoms with Crippen molar-refractivity contribution in [3.63, 3.8) is 0 Å². The SMILES string of the molecule is Cn1cc(/C=C2\CC(=Nc3ccccc3)N(Cc3ccco3)C2=O)c2ccccc21. The summed E-state index contributed by atoms with van der Waals surface area (Å²) in [6, 6.07) is 21.6. The summed E-state index contributed by atoms with van der Waals surface area (Å²) in [4.78, 5) is 19.8. The highest BCUT2D eigenvalue weighted by Crippen LogP contribution is 2.29. The smallest absolute Gasteiger partial charge is 0.256 e. The van der Waals surface area contributed by atoms with E-state index in [0.29, 0.717) is 13.0 Å². The van der Waals surface area contributed by atoms with E-state index in [4.69, 9.17) is 9.41 Å². The van der Waals surface area contributed by atoms with Crippen LogP contribution < -0.4 is 0 Å². The molecule has 2 aromatic heterocycles. The summed E-state index contributed by atoms with van der Waals surface area (Å²) < 4.78 is 7.57. The second-order valence-electron chi connectivity index (χ2n) is 7.39. The summed E-state index contributed by atoms with van der Waals surface area (Å²) in [6.07, 6.45) is 6.16. The highest BCUT2D eigenvalue weighted by molar-refractivity contribution is 6.18. The molecule has 0 atom stereocenters. The van der Waals surface area contributed by atoms with E-state index in [2.05, 4.69) is 22.9 Å². The topological polar surface area (TPSA) is 50.7 Å². The zero-order valence-corrected chi connectivity index (χ0v) is 16.7. The molecule has 2 aromatic carbocycles. The lowest BCUT2D eigenvalue weighted by Gasteiger charge is -2.15. The Kier molecular flexibility index (Phi) is 4.56. The van der Waals surface area contributed by atoms with E-state index in [-0.39, 0.29) is 5.91 Å². The number of rotatable bonds is 4. The first-order valence-corrected chi connectivity index (χ1v) is 9.90. The molecule has 0 spiro atoms. The van der Waals surface area contributed by atoms with Crippen molar-refractivity contribution in [1.29, 1.82) is 0 Å². The molecule has 3 heterocycles. The van der Waals surface area contributed by atoms with Gasteiger partial charge in [-0.1, -0.05) is 36.4 Å². The Bertz CT molecular complexity index is 1260. The van der Waals surface area contributed by atoms with Gasteiger partial charge >= 0.3 is 0 Å². The first-order valence-electron chi connectivity index (χ1n) is 9.90. The Morgan fingerprint density at radius 2 is 1.83 bits per heavy atom. The number of aliphatic imine (C=N–C) groups is 1. The number of carbonyl (C=O) groups is 1. The van der Waals surface area contributed by atoms with E-state index in [9.17, 15) is 4.79 Å².